The highest BCUT2D eigenvalue weighted by molar-refractivity contribution is 7.92. The molecule has 0 saturated carbocycles. The first-order valence-electron chi connectivity index (χ1n) is 12.3. The van der Waals surface area contributed by atoms with Crippen molar-refractivity contribution in [2.75, 3.05) is 23.3 Å². The van der Waals surface area contributed by atoms with E-state index in [9.17, 15) is 28.1 Å². The monoisotopic (exact) mass is 612 g/mol. The van der Waals surface area contributed by atoms with E-state index < -0.39 is 43.9 Å². The number of hydrogen-bond acceptors (Lipinski definition) is 8. The standard InChI is InChI=1S/C28H25ClN4O8S/c1-18-9-11-21(15-24(18)33(36)37)42(38,39)32(25-14-19(29)10-12-26(25)40-2)17-27(34)31-23-8-4-3-7-22(23)28(35)30-16-20-6-5-13-41-20/h3-15H,16-17H2,1-2H3,(H,30,35)(H,31,34). The van der Waals surface area contributed by atoms with Gasteiger partial charge in [0.05, 0.1) is 46.7 Å². The highest BCUT2D eigenvalue weighted by atomic mass is 35.5. The molecule has 12 nitrogen and oxygen atoms in total. The summed E-state index contributed by atoms with van der Waals surface area (Å²) < 4.78 is 39.1. The molecule has 0 aliphatic carbocycles. The lowest BCUT2D eigenvalue weighted by Gasteiger charge is -2.26. The Hall–Kier alpha value is -4.88. The predicted molar refractivity (Wildman–Crippen MR) is 155 cm³/mol. The predicted octanol–water partition coefficient (Wildman–Crippen LogP) is 4.92. The number of nitro groups is 1. The zero-order valence-electron chi connectivity index (χ0n) is 22.4. The third-order valence-corrected chi connectivity index (χ3v) is 8.10. The molecule has 2 N–H and O–H groups in total. The van der Waals surface area contributed by atoms with E-state index in [0.717, 1.165) is 10.4 Å². The number of nitrogens with zero attached hydrogens (tertiary/aromatic N) is 2. The molecule has 4 rings (SSSR count). The largest absolute Gasteiger partial charge is 0.495 e. The summed E-state index contributed by atoms with van der Waals surface area (Å²) in [5.74, 6) is -0.712. The number of nitro benzene ring substituents is 1. The van der Waals surface area contributed by atoms with Gasteiger partial charge in [-0.05, 0) is 55.5 Å². The molecule has 0 spiro atoms. The molecule has 4 aromatic rings. The van der Waals surface area contributed by atoms with Gasteiger partial charge in [0.2, 0.25) is 5.91 Å². The van der Waals surface area contributed by atoms with Crippen molar-refractivity contribution in [3.05, 3.63) is 111 Å². The van der Waals surface area contributed by atoms with E-state index in [0.29, 0.717) is 5.76 Å². The lowest BCUT2D eigenvalue weighted by molar-refractivity contribution is -0.385. The van der Waals surface area contributed by atoms with Crippen LogP contribution in [0.3, 0.4) is 0 Å². The molecule has 218 valence electrons. The molecule has 1 aromatic heterocycles. The summed E-state index contributed by atoms with van der Waals surface area (Å²) in [5.41, 5.74) is 0.0218. The van der Waals surface area contributed by atoms with Crippen molar-refractivity contribution < 1.29 is 32.1 Å². The summed E-state index contributed by atoms with van der Waals surface area (Å²) in [6.07, 6.45) is 1.47. The van der Waals surface area contributed by atoms with E-state index in [1.807, 2.05) is 0 Å². The Labute approximate surface area is 246 Å². The molecule has 0 fully saturated rings. The number of carbonyl (C=O) groups excluding carboxylic acids is 2. The highest BCUT2D eigenvalue weighted by Crippen LogP contribution is 2.36. The number of hydrogen-bond donors (Lipinski definition) is 2. The van der Waals surface area contributed by atoms with E-state index in [1.165, 1.54) is 62.8 Å². The summed E-state index contributed by atoms with van der Waals surface area (Å²) in [4.78, 5) is 36.6. The van der Waals surface area contributed by atoms with Gasteiger partial charge in [-0.2, -0.15) is 0 Å². The van der Waals surface area contributed by atoms with Crippen LogP contribution in [0, 0.1) is 17.0 Å². The molecule has 0 atom stereocenters. The molecule has 14 heteroatoms. The minimum Gasteiger partial charge on any atom is -0.495 e. The molecule has 42 heavy (non-hydrogen) atoms. The average Bonchev–Trinajstić information content (AvgIpc) is 3.48. The van der Waals surface area contributed by atoms with E-state index in [2.05, 4.69) is 10.6 Å². The van der Waals surface area contributed by atoms with Crippen LogP contribution in [0.5, 0.6) is 5.75 Å². The van der Waals surface area contributed by atoms with Gasteiger partial charge in [-0.15, -0.1) is 0 Å². The van der Waals surface area contributed by atoms with Crippen LogP contribution in [0.25, 0.3) is 0 Å². The fourth-order valence-corrected chi connectivity index (χ4v) is 5.63. The van der Waals surface area contributed by atoms with Crippen LogP contribution in [0.4, 0.5) is 17.1 Å². The third kappa shape index (κ3) is 6.70. The van der Waals surface area contributed by atoms with Crippen LogP contribution in [-0.4, -0.2) is 38.8 Å². The van der Waals surface area contributed by atoms with Gasteiger partial charge >= 0.3 is 0 Å². The first-order valence-corrected chi connectivity index (χ1v) is 14.1. The van der Waals surface area contributed by atoms with Crippen molar-refractivity contribution in [1.82, 2.24) is 5.32 Å². The Kier molecular flexibility index (Phi) is 9.13. The zero-order valence-corrected chi connectivity index (χ0v) is 23.9. The van der Waals surface area contributed by atoms with Crippen LogP contribution >= 0.6 is 11.6 Å². The van der Waals surface area contributed by atoms with Gasteiger partial charge in [-0.1, -0.05) is 29.8 Å². The SMILES string of the molecule is COc1ccc(Cl)cc1N(CC(=O)Nc1ccccc1C(=O)NCc1ccco1)S(=O)(=O)c1ccc(C)c([N+](=O)[O-])c1. The van der Waals surface area contributed by atoms with Crippen molar-refractivity contribution in [3.8, 4) is 5.75 Å². The van der Waals surface area contributed by atoms with Crippen molar-refractivity contribution in [2.24, 2.45) is 0 Å². The summed E-state index contributed by atoms with van der Waals surface area (Å²) in [7, 11) is -3.27. The number of halogens is 1. The molecule has 0 radical (unpaired) electrons. The first-order chi connectivity index (χ1) is 20.0. The minimum absolute atomic E-state index is 0.0761. The molecule has 0 aliphatic heterocycles. The topological polar surface area (TPSA) is 161 Å². The van der Waals surface area contributed by atoms with Gasteiger partial charge in [0.1, 0.15) is 18.1 Å². The number of rotatable bonds is 11. The van der Waals surface area contributed by atoms with Gasteiger partial charge in [-0.25, -0.2) is 8.42 Å². The fraction of sp³-hybridized carbons (Fsp3) is 0.143. The van der Waals surface area contributed by atoms with Crippen molar-refractivity contribution >= 4 is 50.5 Å². The Bertz CT molecular complexity index is 1740. The Morgan fingerprint density at radius 3 is 2.52 bits per heavy atom. The number of aryl methyl sites for hydroxylation is 1. The average molecular weight is 613 g/mol. The number of anilines is 2. The van der Waals surface area contributed by atoms with Crippen molar-refractivity contribution in [1.29, 1.82) is 0 Å². The van der Waals surface area contributed by atoms with Gasteiger partial charge in [0.15, 0.2) is 0 Å². The second-order valence-electron chi connectivity index (χ2n) is 8.89. The van der Waals surface area contributed by atoms with Gasteiger partial charge in [0.25, 0.3) is 21.6 Å². The number of amides is 2. The lowest BCUT2D eigenvalue weighted by Crippen LogP contribution is -2.38. The van der Waals surface area contributed by atoms with Gasteiger partial charge in [-0.3, -0.25) is 24.0 Å². The molecule has 0 bridgehead atoms. The maximum absolute atomic E-state index is 13.9. The highest BCUT2D eigenvalue weighted by Gasteiger charge is 2.31. The Morgan fingerprint density at radius 2 is 1.83 bits per heavy atom. The Balaban J connectivity index is 1.68. The van der Waals surface area contributed by atoms with Crippen LogP contribution in [0.15, 0.2) is 88.4 Å². The number of sulfonamides is 1. The Morgan fingerprint density at radius 1 is 1.07 bits per heavy atom. The maximum Gasteiger partial charge on any atom is 0.273 e. The summed E-state index contributed by atoms with van der Waals surface area (Å²) in [5, 5.41) is 17.0. The molecule has 0 unspecified atom stereocenters. The van der Waals surface area contributed by atoms with E-state index in [-0.39, 0.29) is 39.8 Å². The van der Waals surface area contributed by atoms with Crippen LogP contribution in [-0.2, 0) is 21.4 Å². The molecule has 2 amide bonds. The van der Waals surface area contributed by atoms with E-state index in [1.54, 1.807) is 24.3 Å². The number of nitrogens with one attached hydrogen (secondary N) is 2. The second-order valence-corrected chi connectivity index (χ2v) is 11.2. The number of methoxy groups -OCH3 is 1. The maximum atomic E-state index is 13.9. The zero-order chi connectivity index (χ0) is 30.4. The second kappa shape index (κ2) is 12.7. The van der Waals surface area contributed by atoms with Crippen LogP contribution < -0.4 is 19.7 Å². The minimum atomic E-state index is -4.58. The normalized spacial score (nSPS) is 11.0. The summed E-state index contributed by atoms with van der Waals surface area (Å²) in [6.45, 7) is 0.794. The summed E-state index contributed by atoms with van der Waals surface area (Å²) in [6, 6.07) is 17.2. The van der Waals surface area contributed by atoms with E-state index in [4.69, 9.17) is 20.8 Å². The fourth-order valence-electron chi connectivity index (χ4n) is 4.02. The molecule has 0 aliphatic rings. The van der Waals surface area contributed by atoms with Crippen LogP contribution in [0.1, 0.15) is 21.7 Å². The van der Waals surface area contributed by atoms with Gasteiger partial charge in [0, 0.05) is 16.7 Å². The van der Waals surface area contributed by atoms with Crippen molar-refractivity contribution in [3.63, 3.8) is 0 Å². The molecule has 1 heterocycles. The lowest BCUT2D eigenvalue weighted by atomic mass is 10.1. The molecular weight excluding hydrogens is 588 g/mol. The molecule has 3 aromatic carbocycles. The number of furan rings is 1. The number of carbonyl (C=O) groups is 2. The molecular formula is C28H25ClN4O8S. The van der Waals surface area contributed by atoms with Crippen molar-refractivity contribution in [2.45, 2.75) is 18.4 Å². The van der Waals surface area contributed by atoms with E-state index >= 15 is 0 Å². The van der Waals surface area contributed by atoms with Gasteiger partial charge < -0.3 is 19.8 Å². The quantitative estimate of drug-likeness (QED) is 0.178. The summed E-state index contributed by atoms with van der Waals surface area (Å²) >= 11 is 6.17. The molecule has 0 saturated heterocycles. The number of para-hydroxylation sites is 1. The third-order valence-electron chi connectivity index (χ3n) is 6.11. The number of ether oxygens (including phenoxy) is 1. The first kappa shape index (κ1) is 30.1. The van der Waals surface area contributed by atoms with Crippen LogP contribution in [0.2, 0.25) is 5.02 Å². The smallest absolute Gasteiger partial charge is 0.273 e. The number of benzene rings is 3.